The van der Waals surface area contributed by atoms with E-state index in [-0.39, 0.29) is 17.7 Å². The number of aryl methyl sites for hydroxylation is 1. The van der Waals surface area contributed by atoms with Crippen LogP contribution in [0.2, 0.25) is 0 Å². The van der Waals surface area contributed by atoms with E-state index in [1.165, 1.54) is 16.8 Å². The zero-order valence-electron chi connectivity index (χ0n) is 12.4. The molecular weight excluding hydrogens is 297 g/mol. The molecule has 5 nitrogen and oxygen atoms in total. The second kappa shape index (κ2) is 6.00. The lowest BCUT2D eigenvalue weighted by Crippen LogP contribution is -2.29. The molecule has 0 saturated carbocycles. The summed E-state index contributed by atoms with van der Waals surface area (Å²) >= 11 is 0. The van der Waals surface area contributed by atoms with Crippen LogP contribution in [0.5, 0.6) is 0 Å². The molecule has 0 saturated heterocycles. The number of nitrogens with one attached hydrogen (secondary N) is 1. The number of halogens is 1. The van der Waals surface area contributed by atoms with Gasteiger partial charge in [0.05, 0.1) is 17.3 Å². The Labute approximate surface area is 131 Å². The first-order valence-electron chi connectivity index (χ1n) is 7.03. The largest absolute Gasteiger partial charge is 0.348 e. The third kappa shape index (κ3) is 2.83. The van der Waals surface area contributed by atoms with Crippen LogP contribution in [0.1, 0.15) is 15.9 Å². The van der Waals surface area contributed by atoms with E-state index >= 15 is 0 Å². The molecule has 0 aliphatic carbocycles. The summed E-state index contributed by atoms with van der Waals surface area (Å²) in [5.41, 5.74) is 0.957. The van der Waals surface area contributed by atoms with Crippen LogP contribution in [0.25, 0.3) is 10.9 Å². The maximum Gasteiger partial charge on any atom is 0.255 e. The predicted octanol–water partition coefficient (Wildman–Crippen LogP) is 2.00. The van der Waals surface area contributed by atoms with Crippen LogP contribution in [0.15, 0.2) is 53.6 Å². The van der Waals surface area contributed by atoms with Crippen molar-refractivity contribution in [3.05, 3.63) is 76.1 Å². The van der Waals surface area contributed by atoms with E-state index in [1.807, 2.05) is 24.3 Å². The summed E-state index contributed by atoms with van der Waals surface area (Å²) in [6, 6.07) is 10.5. The number of carbonyl (C=O) groups excluding carboxylic acids is 1. The van der Waals surface area contributed by atoms with Crippen molar-refractivity contribution in [1.29, 1.82) is 0 Å². The van der Waals surface area contributed by atoms with Gasteiger partial charge in [0, 0.05) is 25.4 Å². The molecule has 0 radical (unpaired) electrons. The first-order chi connectivity index (χ1) is 11.1. The Morgan fingerprint density at radius 2 is 2.09 bits per heavy atom. The lowest BCUT2D eigenvalue weighted by molar-refractivity contribution is 0.0946. The van der Waals surface area contributed by atoms with Gasteiger partial charge in [-0.05, 0) is 23.6 Å². The fourth-order valence-electron chi connectivity index (χ4n) is 2.45. The smallest absolute Gasteiger partial charge is 0.255 e. The molecule has 0 unspecified atom stereocenters. The van der Waals surface area contributed by atoms with Gasteiger partial charge < -0.3 is 9.88 Å². The predicted molar refractivity (Wildman–Crippen MR) is 84.6 cm³/mol. The molecule has 0 fully saturated rings. The maximum absolute atomic E-state index is 13.5. The number of benzene rings is 1. The fraction of sp³-hybridized carbons (Fsp3) is 0.118. The number of nitrogens with zero attached hydrogens (tertiary/aromatic N) is 2. The van der Waals surface area contributed by atoms with Gasteiger partial charge >= 0.3 is 0 Å². The van der Waals surface area contributed by atoms with Crippen molar-refractivity contribution in [2.45, 2.75) is 6.54 Å². The Kier molecular flexibility index (Phi) is 3.89. The number of pyridine rings is 2. The number of hydrogen-bond donors (Lipinski definition) is 1. The molecule has 0 spiro atoms. The number of aromatic nitrogens is 2. The Morgan fingerprint density at radius 1 is 1.30 bits per heavy atom. The molecule has 3 aromatic rings. The van der Waals surface area contributed by atoms with Crippen LogP contribution in [0, 0.1) is 5.82 Å². The molecule has 0 aliphatic heterocycles. The van der Waals surface area contributed by atoms with Gasteiger partial charge in [0.2, 0.25) is 0 Å². The van der Waals surface area contributed by atoms with Crippen LogP contribution in [0.4, 0.5) is 4.39 Å². The second-order valence-electron chi connectivity index (χ2n) is 5.13. The molecule has 6 heteroatoms. The number of para-hydroxylation sites is 1. The fourth-order valence-corrected chi connectivity index (χ4v) is 2.45. The number of fused-ring (bicyclic) bond motifs is 1. The van der Waals surface area contributed by atoms with Crippen molar-refractivity contribution in [2.24, 2.45) is 7.05 Å². The van der Waals surface area contributed by atoms with Crippen LogP contribution in [0.3, 0.4) is 0 Å². The SMILES string of the molecule is Cn1c(=O)c(CNC(=O)c2ccncc2F)cc2ccccc21. The standard InChI is InChI=1S/C17H14FN3O2/c1-21-15-5-3-2-4-11(15)8-12(17(21)23)9-20-16(22)13-6-7-19-10-14(13)18/h2-8,10H,9H2,1H3,(H,20,22). The minimum Gasteiger partial charge on any atom is -0.348 e. The highest BCUT2D eigenvalue weighted by molar-refractivity contribution is 5.94. The summed E-state index contributed by atoms with van der Waals surface area (Å²) in [4.78, 5) is 27.9. The van der Waals surface area contributed by atoms with Gasteiger partial charge in [0.25, 0.3) is 11.5 Å². The highest BCUT2D eigenvalue weighted by Gasteiger charge is 2.12. The topological polar surface area (TPSA) is 64.0 Å². The Morgan fingerprint density at radius 3 is 2.87 bits per heavy atom. The summed E-state index contributed by atoms with van der Waals surface area (Å²) in [7, 11) is 1.68. The van der Waals surface area contributed by atoms with Crippen molar-refractivity contribution in [3.8, 4) is 0 Å². The minimum atomic E-state index is -0.698. The van der Waals surface area contributed by atoms with Gasteiger partial charge in [-0.1, -0.05) is 18.2 Å². The average Bonchev–Trinajstić information content (AvgIpc) is 2.57. The lowest BCUT2D eigenvalue weighted by Gasteiger charge is -2.10. The molecule has 0 atom stereocenters. The Bertz CT molecular complexity index is 950. The number of amides is 1. The van der Waals surface area contributed by atoms with E-state index in [4.69, 9.17) is 0 Å². The van der Waals surface area contributed by atoms with Gasteiger partial charge in [-0.15, -0.1) is 0 Å². The second-order valence-corrected chi connectivity index (χ2v) is 5.13. The summed E-state index contributed by atoms with van der Waals surface area (Å²) in [6.45, 7) is 0.0259. The van der Waals surface area contributed by atoms with Crippen molar-refractivity contribution >= 4 is 16.8 Å². The van der Waals surface area contributed by atoms with Crippen LogP contribution in [-0.2, 0) is 13.6 Å². The third-order valence-corrected chi connectivity index (χ3v) is 3.66. The summed E-state index contributed by atoms with van der Waals surface area (Å²) in [5.74, 6) is -1.28. The van der Waals surface area contributed by atoms with E-state index in [2.05, 4.69) is 10.3 Å². The van der Waals surface area contributed by atoms with E-state index in [9.17, 15) is 14.0 Å². The highest BCUT2D eigenvalue weighted by Crippen LogP contribution is 2.12. The molecule has 0 aliphatic rings. The first-order valence-corrected chi connectivity index (χ1v) is 7.03. The zero-order chi connectivity index (χ0) is 16.4. The monoisotopic (exact) mass is 311 g/mol. The Balaban J connectivity index is 1.88. The third-order valence-electron chi connectivity index (χ3n) is 3.66. The van der Waals surface area contributed by atoms with E-state index < -0.39 is 11.7 Å². The number of hydrogen-bond acceptors (Lipinski definition) is 3. The zero-order valence-corrected chi connectivity index (χ0v) is 12.4. The summed E-state index contributed by atoms with van der Waals surface area (Å²) < 4.78 is 15.1. The first kappa shape index (κ1) is 14.9. The normalized spacial score (nSPS) is 10.7. The molecule has 2 aromatic heterocycles. The molecule has 1 N–H and O–H groups in total. The van der Waals surface area contributed by atoms with Gasteiger partial charge in [0.1, 0.15) is 0 Å². The molecule has 3 rings (SSSR count). The maximum atomic E-state index is 13.5. The molecule has 2 heterocycles. The molecule has 0 bridgehead atoms. The van der Waals surface area contributed by atoms with Gasteiger partial charge in [-0.25, -0.2) is 4.39 Å². The molecule has 1 aromatic carbocycles. The molecule has 23 heavy (non-hydrogen) atoms. The van der Waals surface area contributed by atoms with Crippen molar-refractivity contribution in [2.75, 3.05) is 0 Å². The average molecular weight is 311 g/mol. The van der Waals surface area contributed by atoms with E-state index in [0.717, 1.165) is 17.1 Å². The van der Waals surface area contributed by atoms with Crippen molar-refractivity contribution in [1.82, 2.24) is 14.9 Å². The molecular formula is C17H14FN3O2. The quantitative estimate of drug-likeness (QED) is 0.804. The van der Waals surface area contributed by atoms with Crippen LogP contribution >= 0.6 is 0 Å². The van der Waals surface area contributed by atoms with E-state index in [1.54, 1.807) is 13.1 Å². The van der Waals surface area contributed by atoms with Gasteiger partial charge in [-0.2, -0.15) is 0 Å². The molecule has 1 amide bonds. The number of carbonyl (C=O) groups is 1. The van der Waals surface area contributed by atoms with Crippen LogP contribution < -0.4 is 10.9 Å². The molecule has 116 valence electrons. The lowest BCUT2D eigenvalue weighted by atomic mass is 10.1. The number of rotatable bonds is 3. The van der Waals surface area contributed by atoms with Crippen molar-refractivity contribution < 1.29 is 9.18 Å². The van der Waals surface area contributed by atoms with Gasteiger partial charge in [0.15, 0.2) is 5.82 Å². The minimum absolute atomic E-state index is 0.0259. The van der Waals surface area contributed by atoms with Crippen LogP contribution in [-0.4, -0.2) is 15.5 Å². The summed E-state index contributed by atoms with van der Waals surface area (Å²) in [6.07, 6.45) is 2.32. The Hall–Kier alpha value is -3.02. The highest BCUT2D eigenvalue weighted by atomic mass is 19.1. The van der Waals surface area contributed by atoms with E-state index in [0.29, 0.717) is 5.56 Å². The van der Waals surface area contributed by atoms with Crippen molar-refractivity contribution in [3.63, 3.8) is 0 Å². The summed E-state index contributed by atoms with van der Waals surface area (Å²) in [5, 5.41) is 3.47. The van der Waals surface area contributed by atoms with Gasteiger partial charge in [-0.3, -0.25) is 14.6 Å².